The topological polar surface area (TPSA) is 87.8 Å². The summed E-state index contributed by atoms with van der Waals surface area (Å²) in [4.78, 5) is 35.3. The fourth-order valence-corrected chi connectivity index (χ4v) is 2.08. The number of likely N-dealkylation sites (tertiary alicyclic amines) is 1. The average Bonchev–Trinajstić information content (AvgIpc) is 2.39. The van der Waals surface area contributed by atoms with E-state index in [-0.39, 0.29) is 5.56 Å². The summed E-state index contributed by atoms with van der Waals surface area (Å²) in [6, 6.07) is 1.70. The maximum Gasteiger partial charge on any atom is 0.335 e. The Morgan fingerprint density at radius 3 is 2.72 bits per heavy atom. The first-order valence-corrected chi connectivity index (χ1v) is 5.72. The fraction of sp³-hybridized carbons (Fsp3) is 0.417. The number of carboxylic acids is 1. The van der Waals surface area contributed by atoms with Crippen molar-refractivity contribution in [2.45, 2.75) is 25.3 Å². The van der Waals surface area contributed by atoms with Gasteiger partial charge in [0.1, 0.15) is 12.3 Å². The van der Waals surface area contributed by atoms with E-state index in [1.54, 1.807) is 0 Å². The van der Waals surface area contributed by atoms with Gasteiger partial charge in [-0.15, -0.1) is 0 Å². The highest BCUT2D eigenvalue weighted by molar-refractivity contribution is 5.96. The summed E-state index contributed by atoms with van der Waals surface area (Å²) in [6.45, 7) is 0.412. The van der Waals surface area contributed by atoms with Gasteiger partial charge in [0.2, 0.25) is 0 Å². The number of rotatable bonds is 2. The number of hydrogen-bond acceptors (Lipinski definition) is 4. The van der Waals surface area contributed by atoms with Gasteiger partial charge in [0.05, 0.1) is 5.56 Å². The van der Waals surface area contributed by atoms with Gasteiger partial charge in [-0.1, -0.05) is 0 Å². The third kappa shape index (κ3) is 2.42. The lowest BCUT2D eigenvalue weighted by atomic mass is 10.0. The number of hydrogen-bond donors (Lipinski definition) is 1. The second-order valence-corrected chi connectivity index (χ2v) is 4.19. The standard InChI is InChI=1S/C12H13NO5/c14-10-5-4-8(7-18-10)11(15)13-6-2-1-3-9(13)12(16)17/h4-5,7,9H,1-3,6H2,(H,16,17)/t9-/m1/s1. The third-order valence-corrected chi connectivity index (χ3v) is 3.00. The Hall–Kier alpha value is -2.11. The molecule has 0 radical (unpaired) electrons. The van der Waals surface area contributed by atoms with Crippen LogP contribution in [0.2, 0.25) is 0 Å². The van der Waals surface area contributed by atoms with Gasteiger partial charge in [-0.2, -0.15) is 0 Å². The molecular formula is C12H13NO5. The molecule has 1 atom stereocenters. The maximum absolute atomic E-state index is 12.1. The number of piperidine rings is 1. The molecule has 1 aliphatic heterocycles. The summed E-state index contributed by atoms with van der Waals surface area (Å²) in [5.74, 6) is -1.41. The van der Waals surface area contributed by atoms with E-state index in [4.69, 9.17) is 5.11 Å². The summed E-state index contributed by atoms with van der Waals surface area (Å²) in [5.41, 5.74) is -0.345. The van der Waals surface area contributed by atoms with Crippen LogP contribution in [0.1, 0.15) is 29.6 Å². The van der Waals surface area contributed by atoms with Crippen LogP contribution in [0.3, 0.4) is 0 Å². The van der Waals surface area contributed by atoms with Crippen molar-refractivity contribution in [1.29, 1.82) is 0 Å². The Bertz CT molecular complexity index is 501. The molecule has 0 spiro atoms. The first-order chi connectivity index (χ1) is 8.59. The first-order valence-electron chi connectivity index (χ1n) is 5.72. The van der Waals surface area contributed by atoms with Gasteiger partial charge in [-0.05, 0) is 25.3 Å². The van der Waals surface area contributed by atoms with E-state index >= 15 is 0 Å². The minimum absolute atomic E-state index is 0.197. The predicted molar refractivity (Wildman–Crippen MR) is 61.3 cm³/mol. The lowest BCUT2D eigenvalue weighted by molar-refractivity contribution is -0.143. The molecule has 6 nitrogen and oxygen atoms in total. The Morgan fingerprint density at radius 1 is 1.33 bits per heavy atom. The van der Waals surface area contributed by atoms with E-state index in [2.05, 4.69) is 4.42 Å². The van der Waals surface area contributed by atoms with Crippen LogP contribution in [0.15, 0.2) is 27.6 Å². The zero-order valence-corrected chi connectivity index (χ0v) is 9.67. The SMILES string of the molecule is O=C(O)[C@H]1CCCCN1C(=O)c1ccc(=O)oc1. The molecule has 1 aliphatic rings. The number of carbonyl (C=O) groups is 2. The van der Waals surface area contributed by atoms with Gasteiger partial charge in [0, 0.05) is 12.6 Å². The molecule has 96 valence electrons. The Balaban J connectivity index is 2.23. The molecule has 0 aliphatic carbocycles. The largest absolute Gasteiger partial charge is 0.480 e. The zero-order valence-electron chi connectivity index (χ0n) is 9.67. The van der Waals surface area contributed by atoms with Crippen molar-refractivity contribution in [3.63, 3.8) is 0 Å². The van der Waals surface area contributed by atoms with E-state index in [0.717, 1.165) is 25.2 Å². The minimum atomic E-state index is -1.000. The monoisotopic (exact) mass is 251 g/mol. The van der Waals surface area contributed by atoms with Gasteiger partial charge in [0.15, 0.2) is 0 Å². The van der Waals surface area contributed by atoms with E-state index in [0.29, 0.717) is 13.0 Å². The molecule has 6 heteroatoms. The number of amides is 1. The van der Waals surface area contributed by atoms with Crippen LogP contribution in [0, 0.1) is 0 Å². The van der Waals surface area contributed by atoms with Crippen molar-refractivity contribution in [2.24, 2.45) is 0 Å². The van der Waals surface area contributed by atoms with E-state index in [1.807, 2.05) is 0 Å². The molecule has 1 aromatic heterocycles. The molecule has 18 heavy (non-hydrogen) atoms. The summed E-state index contributed by atoms with van der Waals surface area (Å²) in [7, 11) is 0. The maximum atomic E-state index is 12.1. The molecule has 1 amide bonds. The highest BCUT2D eigenvalue weighted by atomic mass is 16.4. The normalized spacial score (nSPS) is 19.6. The van der Waals surface area contributed by atoms with Gasteiger partial charge in [0.25, 0.3) is 5.91 Å². The molecule has 1 saturated heterocycles. The lowest BCUT2D eigenvalue weighted by Gasteiger charge is -2.32. The molecule has 0 unspecified atom stereocenters. The second kappa shape index (κ2) is 5.03. The highest BCUT2D eigenvalue weighted by Crippen LogP contribution is 2.19. The van der Waals surface area contributed by atoms with Gasteiger partial charge < -0.3 is 14.4 Å². The Labute approximate surface area is 103 Å². The predicted octanol–water partition coefficient (Wildman–Crippen LogP) is 0.719. The van der Waals surface area contributed by atoms with Crippen molar-refractivity contribution in [1.82, 2.24) is 4.90 Å². The van der Waals surface area contributed by atoms with Gasteiger partial charge >= 0.3 is 11.6 Å². The first kappa shape index (κ1) is 12.3. The summed E-state index contributed by atoms with van der Waals surface area (Å²) in [6.07, 6.45) is 3.10. The highest BCUT2D eigenvalue weighted by Gasteiger charge is 2.32. The molecule has 2 rings (SSSR count). The van der Waals surface area contributed by atoms with Gasteiger partial charge in [-0.3, -0.25) is 4.79 Å². The van der Waals surface area contributed by atoms with Crippen molar-refractivity contribution in [3.8, 4) is 0 Å². The smallest absolute Gasteiger partial charge is 0.335 e. The number of carboxylic acid groups (broad SMARTS) is 1. The molecule has 1 aromatic rings. The quantitative estimate of drug-likeness (QED) is 0.836. The lowest BCUT2D eigenvalue weighted by Crippen LogP contribution is -2.48. The molecule has 1 fully saturated rings. The van der Waals surface area contributed by atoms with Crippen LogP contribution in [-0.2, 0) is 4.79 Å². The Morgan fingerprint density at radius 2 is 2.11 bits per heavy atom. The molecule has 2 heterocycles. The van der Waals surface area contributed by atoms with Crippen molar-refractivity contribution in [3.05, 3.63) is 34.4 Å². The number of carbonyl (C=O) groups excluding carboxylic acids is 1. The van der Waals surface area contributed by atoms with Crippen molar-refractivity contribution < 1.29 is 19.1 Å². The minimum Gasteiger partial charge on any atom is -0.480 e. The summed E-state index contributed by atoms with van der Waals surface area (Å²) in [5, 5.41) is 9.08. The fourth-order valence-electron chi connectivity index (χ4n) is 2.08. The molecule has 0 aromatic carbocycles. The Kier molecular flexibility index (Phi) is 3.45. The molecule has 1 N–H and O–H groups in total. The summed E-state index contributed by atoms with van der Waals surface area (Å²) >= 11 is 0. The zero-order chi connectivity index (χ0) is 13.1. The third-order valence-electron chi connectivity index (χ3n) is 3.00. The van der Waals surface area contributed by atoms with Crippen molar-refractivity contribution >= 4 is 11.9 Å². The van der Waals surface area contributed by atoms with Crippen molar-refractivity contribution in [2.75, 3.05) is 6.54 Å². The van der Waals surface area contributed by atoms with Crippen LogP contribution in [-0.4, -0.2) is 34.5 Å². The van der Waals surface area contributed by atoms with Gasteiger partial charge in [-0.25, -0.2) is 9.59 Å². The molecular weight excluding hydrogens is 238 g/mol. The number of nitrogens with zero attached hydrogens (tertiary/aromatic N) is 1. The second-order valence-electron chi connectivity index (χ2n) is 4.19. The van der Waals surface area contributed by atoms with Crippen LogP contribution < -0.4 is 5.63 Å². The van der Waals surface area contributed by atoms with Crippen LogP contribution in [0.4, 0.5) is 0 Å². The summed E-state index contributed by atoms with van der Waals surface area (Å²) < 4.78 is 4.62. The molecule has 0 bridgehead atoms. The van der Waals surface area contributed by atoms with Crippen LogP contribution in [0.5, 0.6) is 0 Å². The number of aliphatic carboxylic acids is 1. The average molecular weight is 251 g/mol. The van der Waals surface area contributed by atoms with E-state index in [9.17, 15) is 14.4 Å². The van der Waals surface area contributed by atoms with E-state index < -0.39 is 23.5 Å². The van der Waals surface area contributed by atoms with Crippen LogP contribution >= 0.6 is 0 Å². The van der Waals surface area contributed by atoms with Crippen LogP contribution in [0.25, 0.3) is 0 Å². The molecule has 0 saturated carbocycles. The van der Waals surface area contributed by atoms with E-state index in [1.165, 1.54) is 11.0 Å².